The Kier molecular flexibility index (Phi) is 6.39. The minimum Gasteiger partial charge on any atom is -0.495 e. The second-order valence-corrected chi connectivity index (χ2v) is 5.48. The maximum atomic E-state index is 12.2. The summed E-state index contributed by atoms with van der Waals surface area (Å²) in [5.41, 5.74) is 0.482. The van der Waals surface area contributed by atoms with Crippen molar-refractivity contribution in [1.82, 2.24) is 20.1 Å². The summed E-state index contributed by atoms with van der Waals surface area (Å²) in [6.45, 7) is 2.96. The molecule has 2 N–H and O–H groups in total. The van der Waals surface area contributed by atoms with Gasteiger partial charge in [0.1, 0.15) is 12.1 Å². The lowest BCUT2D eigenvalue weighted by molar-refractivity contribution is 0.185. The summed E-state index contributed by atoms with van der Waals surface area (Å²) in [7, 11) is 3.14. The SMILES string of the molecule is COCCn1cnnc1C(C)NC(=O)Nc1cc(Cl)ccc1OC. The number of hydrogen-bond donors (Lipinski definition) is 2. The molecule has 0 saturated carbocycles. The van der Waals surface area contributed by atoms with Gasteiger partial charge >= 0.3 is 6.03 Å². The molecule has 9 heteroatoms. The molecule has 0 aliphatic rings. The first kappa shape index (κ1) is 18.0. The molecule has 0 aliphatic carbocycles. The highest BCUT2D eigenvalue weighted by Gasteiger charge is 2.16. The number of hydrogen-bond acceptors (Lipinski definition) is 5. The van der Waals surface area contributed by atoms with Gasteiger partial charge in [0, 0.05) is 18.7 Å². The second-order valence-electron chi connectivity index (χ2n) is 5.04. The molecule has 0 bridgehead atoms. The molecule has 1 atom stereocenters. The minimum absolute atomic E-state index is 0.338. The number of anilines is 1. The Hall–Kier alpha value is -2.32. The van der Waals surface area contributed by atoms with E-state index in [4.69, 9.17) is 21.1 Å². The highest BCUT2D eigenvalue weighted by atomic mass is 35.5. The fraction of sp³-hybridized carbons (Fsp3) is 0.400. The molecule has 130 valence electrons. The van der Waals surface area contributed by atoms with Crippen LogP contribution in [0.4, 0.5) is 10.5 Å². The van der Waals surface area contributed by atoms with E-state index in [0.717, 1.165) is 0 Å². The van der Waals surface area contributed by atoms with Crippen LogP contribution in [0.2, 0.25) is 5.02 Å². The van der Waals surface area contributed by atoms with Crippen molar-refractivity contribution in [3.8, 4) is 5.75 Å². The lowest BCUT2D eigenvalue weighted by Crippen LogP contribution is -2.32. The molecule has 0 fully saturated rings. The molecule has 0 spiro atoms. The molecule has 24 heavy (non-hydrogen) atoms. The summed E-state index contributed by atoms with van der Waals surface area (Å²) in [6, 6.07) is 4.25. The van der Waals surface area contributed by atoms with Crippen LogP contribution in [-0.2, 0) is 11.3 Å². The molecule has 2 rings (SSSR count). The molecule has 1 aromatic carbocycles. The maximum absolute atomic E-state index is 12.2. The van der Waals surface area contributed by atoms with E-state index >= 15 is 0 Å². The number of urea groups is 1. The van der Waals surface area contributed by atoms with Crippen LogP contribution in [0.25, 0.3) is 0 Å². The number of amides is 2. The molecule has 2 aromatic rings. The van der Waals surface area contributed by atoms with Gasteiger partial charge < -0.3 is 24.7 Å². The van der Waals surface area contributed by atoms with Gasteiger partial charge in [0.15, 0.2) is 5.82 Å². The van der Waals surface area contributed by atoms with Crippen molar-refractivity contribution in [1.29, 1.82) is 0 Å². The van der Waals surface area contributed by atoms with Crippen molar-refractivity contribution in [2.24, 2.45) is 0 Å². The number of halogens is 1. The molecule has 2 amide bonds. The van der Waals surface area contributed by atoms with Gasteiger partial charge in [-0.3, -0.25) is 0 Å². The van der Waals surface area contributed by atoms with Crippen LogP contribution in [0.15, 0.2) is 24.5 Å². The van der Waals surface area contributed by atoms with Gasteiger partial charge in [-0.25, -0.2) is 4.79 Å². The van der Waals surface area contributed by atoms with E-state index < -0.39 is 6.03 Å². The van der Waals surface area contributed by atoms with Crippen LogP contribution in [0.1, 0.15) is 18.8 Å². The zero-order valence-electron chi connectivity index (χ0n) is 13.7. The van der Waals surface area contributed by atoms with Gasteiger partial charge in [0.2, 0.25) is 0 Å². The smallest absolute Gasteiger partial charge is 0.319 e. The van der Waals surface area contributed by atoms with E-state index in [-0.39, 0.29) is 6.04 Å². The Morgan fingerprint density at radius 2 is 2.21 bits per heavy atom. The third-order valence-corrected chi connectivity index (χ3v) is 3.56. The first-order valence-electron chi connectivity index (χ1n) is 7.32. The van der Waals surface area contributed by atoms with Crippen LogP contribution in [-0.4, -0.2) is 41.6 Å². The molecular formula is C15H20ClN5O3. The third kappa shape index (κ3) is 4.59. The summed E-state index contributed by atoms with van der Waals surface area (Å²) < 4.78 is 12.1. The Morgan fingerprint density at radius 3 is 2.92 bits per heavy atom. The van der Waals surface area contributed by atoms with Crippen molar-refractivity contribution >= 4 is 23.3 Å². The van der Waals surface area contributed by atoms with Gasteiger partial charge in [-0.2, -0.15) is 0 Å². The standard InChI is InChI=1S/C15H20ClN5O3/c1-10(14-20-17-9-21(14)6-7-23-2)18-15(22)19-12-8-11(16)4-5-13(12)24-3/h4-5,8-10H,6-7H2,1-3H3,(H2,18,19,22). The second kappa shape index (κ2) is 8.51. The zero-order valence-corrected chi connectivity index (χ0v) is 14.5. The van der Waals surface area contributed by atoms with Crippen LogP contribution in [0.3, 0.4) is 0 Å². The van der Waals surface area contributed by atoms with Crippen molar-refractivity contribution in [2.45, 2.75) is 19.5 Å². The number of carbonyl (C=O) groups excluding carboxylic acids is 1. The van der Waals surface area contributed by atoms with Crippen LogP contribution >= 0.6 is 11.6 Å². The quantitative estimate of drug-likeness (QED) is 0.798. The largest absolute Gasteiger partial charge is 0.495 e. The zero-order chi connectivity index (χ0) is 17.5. The number of nitrogens with one attached hydrogen (secondary N) is 2. The molecule has 0 aliphatic heterocycles. The molecule has 8 nitrogen and oxygen atoms in total. The normalized spacial score (nSPS) is 11.8. The Labute approximate surface area is 145 Å². The number of nitrogens with zero attached hydrogens (tertiary/aromatic N) is 3. The number of aromatic nitrogens is 3. The van der Waals surface area contributed by atoms with Crippen molar-refractivity contribution in [2.75, 3.05) is 26.1 Å². The molecule has 1 aromatic heterocycles. The molecular weight excluding hydrogens is 334 g/mol. The topological polar surface area (TPSA) is 90.3 Å². The first-order valence-corrected chi connectivity index (χ1v) is 7.70. The van der Waals surface area contributed by atoms with Gasteiger partial charge in [0.05, 0.1) is 25.4 Å². The fourth-order valence-electron chi connectivity index (χ4n) is 2.16. The predicted molar refractivity (Wildman–Crippen MR) is 90.5 cm³/mol. The minimum atomic E-state index is -0.399. The summed E-state index contributed by atoms with van der Waals surface area (Å²) in [5, 5.41) is 13.9. The highest BCUT2D eigenvalue weighted by Crippen LogP contribution is 2.27. The van der Waals surface area contributed by atoms with Gasteiger partial charge in [-0.05, 0) is 25.1 Å². The summed E-state index contributed by atoms with van der Waals surface area (Å²) in [5.74, 6) is 1.16. The average Bonchev–Trinajstić information content (AvgIpc) is 3.01. The maximum Gasteiger partial charge on any atom is 0.319 e. The van der Waals surface area contributed by atoms with Crippen LogP contribution in [0, 0.1) is 0 Å². The number of carbonyl (C=O) groups is 1. The Balaban J connectivity index is 2.02. The highest BCUT2D eigenvalue weighted by molar-refractivity contribution is 6.31. The molecule has 0 radical (unpaired) electrons. The van der Waals surface area contributed by atoms with Gasteiger partial charge in [0.25, 0.3) is 0 Å². The van der Waals surface area contributed by atoms with Crippen molar-refractivity contribution in [3.63, 3.8) is 0 Å². The number of rotatable bonds is 7. The first-order chi connectivity index (χ1) is 11.5. The van der Waals surface area contributed by atoms with Gasteiger partial charge in [-0.1, -0.05) is 11.6 Å². The third-order valence-electron chi connectivity index (χ3n) is 3.33. The Morgan fingerprint density at radius 1 is 1.42 bits per heavy atom. The lowest BCUT2D eigenvalue weighted by atomic mass is 10.3. The van der Waals surface area contributed by atoms with Gasteiger partial charge in [-0.15, -0.1) is 10.2 Å². The summed E-state index contributed by atoms with van der Waals surface area (Å²) in [4.78, 5) is 12.2. The van der Waals surface area contributed by atoms with Crippen LogP contribution in [0.5, 0.6) is 5.75 Å². The predicted octanol–water partition coefficient (Wildman–Crippen LogP) is 2.47. The monoisotopic (exact) mass is 353 g/mol. The average molecular weight is 354 g/mol. The van der Waals surface area contributed by atoms with E-state index in [1.807, 2.05) is 11.5 Å². The van der Waals surface area contributed by atoms with Crippen molar-refractivity contribution in [3.05, 3.63) is 35.4 Å². The molecule has 1 unspecified atom stereocenters. The fourth-order valence-corrected chi connectivity index (χ4v) is 2.33. The molecule has 1 heterocycles. The molecule has 0 saturated heterocycles. The van der Waals surface area contributed by atoms with E-state index in [0.29, 0.717) is 35.4 Å². The summed E-state index contributed by atoms with van der Waals surface area (Å²) in [6.07, 6.45) is 1.60. The van der Waals surface area contributed by atoms with E-state index in [1.165, 1.54) is 7.11 Å². The Bertz CT molecular complexity index is 691. The van der Waals surface area contributed by atoms with E-state index in [9.17, 15) is 4.79 Å². The van der Waals surface area contributed by atoms with Crippen LogP contribution < -0.4 is 15.4 Å². The van der Waals surface area contributed by atoms with Crippen molar-refractivity contribution < 1.29 is 14.3 Å². The lowest BCUT2D eigenvalue weighted by Gasteiger charge is -2.16. The summed E-state index contributed by atoms with van der Waals surface area (Å²) >= 11 is 5.95. The van der Waals surface area contributed by atoms with E-state index in [1.54, 1.807) is 31.6 Å². The van der Waals surface area contributed by atoms with E-state index in [2.05, 4.69) is 20.8 Å². The number of benzene rings is 1. The number of ether oxygens (including phenoxy) is 2. The number of methoxy groups -OCH3 is 2.